The number of nitrogens with one attached hydrogen (secondary N) is 1. The number of hydrogen-bond acceptors (Lipinski definition) is 7. The fourth-order valence-electron chi connectivity index (χ4n) is 2.29. The fourth-order valence-corrected chi connectivity index (χ4v) is 3.08. The van der Waals surface area contributed by atoms with E-state index >= 15 is 0 Å². The van der Waals surface area contributed by atoms with E-state index in [1.165, 1.54) is 18.0 Å². The Morgan fingerprint density at radius 1 is 1.41 bits per heavy atom. The average Bonchev–Trinajstić information content (AvgIpc) is 3.02. The maximum absolute atomic E-state index is 12.2. The van der Waals surface area contributed by atoms with Crippen LogP contribution in [0.5, 0.6) is 0 Å². The molecule has 0 fully saturated rings. The number of fused-ring (bicyclic) bond motifs is 1. The first kappa shape index (κ1) is 18.7. The van der Waals surface area contributed by atoms with Gasteiger partial charge in [-0.2, -0.15) is 14.9 Å². The van der Waals surface area contributed by atoms with Crippen LogP contribution in [0.3, 0.4) is 0 Å². The van der Waals surface area contributed by atoms with Crippen molar-refractivity contribution in [3.05, 3.63) is 57.6 Å². The lowest BCUT2D eigenvalue weighted by Crippen LogP contribution is -2.23. The Balaban J connectivity index is 1.78. The van der Waals surface area contributed by atoms with Gasteiger partial charge in [0.15, 0.2) is 10.8 Å². The van der Waals surface area contributed by atoms with Crippen LogP contribution in [-0.2, 0) is 10.5 Å². The number of hydrogen-bond donors (Lipinski definition) is 1. The maximum Gasteiger partial charge on any atom is 0.350 e. The zero-order valence-electron chi connectivity index (χ0n) is 15.0. The lowest BCUT2D eigenvalue weighted by molar-refractivity contribution is 0.00694. The van der Waals surface area contributed by atoms with E-state index in [9.17, 15) is 9.59 Å². The first-order valence-electron chi connectivity index (χ1n) is 8.10. The number of carbonyl (C=O) groups excluding carboxylic acids is 1. The monoisotopic (exact) mass is 383 g/mol. The molecule has 9 heteroatoms. The van der Waals surface area contributed by atoms with Gasteiger partial charge in [0.1, 0.15) is 17.2 Å². The quantitative estimate of drug-likeness (QED) is 0.544. The predicted octanol–water partition coefficient (Wildman–Crippen LogP) is 2.54. The molecule has 3 aromatic rings. The van der Waals surface area contributed by atoms with Crippen LogP contribution in [0, 0.1) is 11.3 Å². The number of esters is 1. The Kier molecular flexibility index (Phi) is 5.01. The molecule has 8 nitrogen and oxygen atoms in total. The van der Waals surface area contributed by atoms with Crippen LogP contribution in [0.2, 0.25) is 0 Å². The van der Waals surface area contributed by atoms with Gasteiger partial charge in [0.25, 0.3) is 0 Å². The van der Waals surface area contributed by atoms with Crippen molar-refractivity contribution in [3.63, 3.8) is 0 Å². The molecular formula is C18H17N5O3S. The van der Waals surface area contributed by atoms with Gasteiger partial charge in [0.2, 0.25) is 0 Å². The van der Waals surface area contributed by atoms with Crippen molar-refractivity contribution < 1.29 is 9.53 Å². The van der Waals surface area contributed by atoms with Crippen molar-refractivity contribution in [1.29, 1.82) is 5.26 Å². The molecule has 0 aliphatic heterocycles. The molecule has 0 saturated carbocycles. The smallest absolute Gasteiger partial charge is 0.350 e. The number of benzene rings is 1. The topological polar surface area (TPSA) is 113 Å². The van der Waals surface area contributed by atoms with Crippen LogP contribution < -0.4 is 5.69 Å². The number of carbonyl (C=O) groups is 1. The normalized spacial score (nSPS) is 11.3. The maximum atomic E-state index is 12.2. The molecule has 0 spiro atoms. The number of nitrogens with zero attached hydrogens (tertiary/aromatic N) is 4. The van der Waals surface area contributed by atoms with Crippen molar-refractivity contribution in [2.45, 2.75) is 37.3 Å². The van der Waals surface area contributed by atoms with Gasteiger partial charge in [-0.25, -0.2) is 14.6 Å². The minimum atomic E-state index is -0.565. The summed E-state index contributed by atoms with van der Waals surface area (Å²) in [4.78, 5) is 31.1. The van der Waals surface area contributed by atoms with E-state index in [1.54, 1.807) is 18.2 Å². The van der Waals surface area contributed by atoms with Gasteiger partial charge in [-0.1, -0.05) is 23.9 Å². The average molecular weight is 383 g/mol. The molecule has 0 bridgehead atoms. The van der Waals surface area contributed by atoms with Crippen LogP contribution in [0.1, 0.15) is 42.3 Å². The van der Waals surface area contributed by atoms with Crippen molar-refractivity contribution in [2.24, 2.45) is 0 Å². The Labute approximate surface area is 159 Å². The van der Waals surface area contributed by atoms with E-state index < -0.39 is 11.3 Å². The molecule has 27 heavy (non-hydrogen) atoms. The zero-order chi connectivity index (χ0) is 19.6. The first-order chi connectivity index (χ1) is 12.8. The summed E-state index contributed by atoms with van der Waals surface area (Å²) in [6.07, 6.45) is 1.30. The molecule has 2 heterocycles. The summed E-state index contributed by atoms with van der Waals surface area (Å²) in [5.74, 6) is 0.0893. The summed E-state index contributed by atoms with van der Waals surface area (Å²) in [7, 11) is 0. The number of rotatable bonds is 4. The summed E-state index contributed by atoms with van der Waals surface area (Å²) in [6, 6.07) is 9.05. The molecule has 0 amide bonds. The summed E-state index contributed by atoms with van der Waals surface area (Å²) < 4.78 is 6.42. The van der Waals surface area contributed by atoms with Gasteiger partial charge in [-0.15, -0.1) is 0 Å². The molecule has 0 aliphatic carbocycles. The van der Waals surface area contributed by atoms with E-state index in [4.69, 9.17) is 10.00 Å². The number of nitriles is 1. The van der Waals surface area contributed by atoms with E-state index in [0.29, 0.717) is 16.5 Å². The van der Waals surface area contributed by atoms with Gasteiger partial charge in [-0.3, -0.25) is 4.98 Å². The highest BCUT2D eigenvalue weighted by atomic mass is 32.2. The molecule has 0 unspecified atom stereocenters. The summed E-state index contributed by atoms with van der Waals surface area (Å²) in [5.41, 5.74) is 0.750. The van der Waals surface area contributed by atoms with Gasteiger partial charge >= 0.3 is 11.7 Å². The standard InChI is InChI=1S/C18H17N5O3S/c1-18(2,3)26-15(24)12-6-4-5-11(7-12)10-27-16-21-14-13(8-19)9-20-23(14)17(25)22-16/h4-7,9H,10H2,1-3H3,(H,21,22,25). The predicted molar refractivity (Wildman–Crippen MR) is 99.5 cm³/mol. The number of thioether (sulfide) groups is 1. The summed E-state index contributed by atoms with van der Waals surface area (Å²) in [6.45, 7) is 5.44. The fraction of sp³-hybridized carbons (Fsp3) is 0.278. The third kappa shape index (κ3) is 4.35. The number of H-pyrrole nitrogens is 1. The van der Waals surface area contributed by atoms with Crippen molar-refractivity contribution in [2.75, 3.05) is 0 Å². The molecule has 2 aromatic heterocycles. The van der Waals surface area contributed by atoms with Crippen molar-refractivity contribution >= 4 is 23.4 Å². The van der Waals surface area contributed by atoms with Crippen molar-refractivity contribution in [1.82, 2.24) is 19.6 Å². The Bertz CT molecular complexity index is 1100. The summed E-state index contributed by atoms with van der Waals surface area (Å²) in [5, 5.41) is 13.3. The number of ether oxygens (including phenoxy) is 1. The Morgan fingerprint density at radius 2 is 2.19 bits per heavy atom. The first-order valence-corrected chi connectivity index (χ1v) is 9.08. The molecule has 0 saturated heterocycles. The van der Waals surface area contributed by atoms with Gasteiger partial charge in [0, 0.05) is 5.75 Å². The minimum Gasteiger partial charge on any atom is -0.456 e. The van der Waals surface area contributed by atoms with E-state index in [2.05, 4.69) is 15.1 Å². The van der Waals surface area contributed by atoms with Crippen molar-refractivity contribution in [3.8, 4) is 6.07 Å². The van der Waals surface area contributed by atoms with E-state index in [0.717, 1.165) is 10.1 Å². The highest BCUT2D eigenvalue weighted by Gasteiger charge is 2.18. The van der Waals surface area contributed by atoms with Crippen LogP contribution >= 0.6 is 11.8 Å². The molecule has 0 atom stereocenters. The third-order valence-electron chi connectivity index (χ3n) is 3.42. The Morgan fingerprint density at radius 3 is 2.89 bits per heavy atom. The van der Waals surface area contributed by atoms with Gasteiger partial charge in [0.05, 0.1) is 11.8 Å². The van der Waals surface area contributed by atoms with E-state index in [-0.39, 0.29) is 17.2 Å². The lowest BCUT2D eigenvalue weighted by Gasteiger charge is -2.19. The van der Waals surface area contributed by atoms with E-state index in [1.807, 2.05) is 32.9 Å². The van der Waals surface area contributed by atoms with Gasteiger partial charge in [-0.05, 0) is 38.5 Å². The highest BCUT2D eigenvalue weighted by molar-refractivity contribution is 7.98. The molecule has 138 valence electrons. The largest absolute Gasteiger partial charge is 0.456 e. The van der Waals surface area contributed by atoms with Crippen LogP contribution in [0.15, 0.2) is 40.4 Å². The molecule has 0 radical (unpaired) electrons. The zero-order valence-corrected chi connectivity index (χ0v) is 15.8. The van der Waals surface area contributed by atoms with Crippen LogP contribution in [0.4, 0.5) is 0 Å². The second kappa shape index (κ2) is 7.25. The molecular weight excluding hydrogens is 366 g/mol. The second-order valence-corrected chi connectivity index (χ2v) is 7.71. The van der Waals surface area contributed by atoms with Crippen LogP contribution in [0.25, 0.3) is 5.65 Å². The highest BCUT2D eigenvalue weighted by Crippen LogP contribution is 2.21. The molecule has 1 aromatic carbocycles. The number of aromatic nitrogens is 4. The number of aromatic amines is 1. The SMILES string of the molecule is CC(C)(C)OC(=O)c1cccc(CSc2nc3c(C#N)cnn3c(=O)[nH]2)c1. The molecule has 0 aliphatic rings. The summed E-state index contributed by atoms with van der Waals surface area (Å²) >= 11 is 1.29. The second-order valence-electron chi connectivity index (χ2n) is 6.74. The Hall–Kier alpha value is -3.12. The molecule has 1 N–H and O–H groups in total. The molecule has 3 rings (SSSR count). The minimum absolute atomic E-state index is 0.214. The van der Waals surface area contributed by atoms with Crippen LogP contribution in [-0.4, -0.2) is 31.2 Å². The van der Waals surface area contributed by atoms with Gasteiger partial charge < -0.3 is 4.74 Å². The lowest BCUT2D eigenvalue weighted by atomic mass is 10.1. The third-order valence-corrected chi connectivity index (χ3v) is 4.36.